The Hall–Kier alpha value is -6.85. The number of carboxylic acids is 1. The minimum Gasteiger partial charge on any atom is -0.508 e. The molecule has 0 aromatic heterocycles. The van der Waals surface area contributed by atoms with E-state index in [1.807, 2.05) is 20.8 Å². The van der Waals surface area contributed by atoms with Gasteiger partial charge in [-0.2, -0.15) is 0 Å². The summed E-state index contributed by atoms with van der Waals surface area (Å²) >= 11 is 0. The van der Waals surface area contributed by atoms with E-state index < -0.39 is 83.7 Å². The topological polar surface area (TPSA) is 276 Å². The van der Waals surface area contributed by atoms with Crippen molar-refractivity contribution in [2.24, 2.45) is 11.8 Å². The number of amides is 7. The zero-order chi connectivity index (χ0) is 49.2. The van der Waals surface area contributed by atoms with E-state index in [1.165, 1.54) is 60.5 Å². The maximum Gasteiger partial charge on any atom is 0.326 e. The van der Waals surface area contributed by atoms with Gasteiger partial charge in [-0.25, -0.2) is 9.59 Å². The van der Waals surface area contributed by atoms with Crippen LogP contribution >= 0.6 is 0 Å². The molecule has 0 spiro atoms. The summed E-state index contributed by atoms with van der Waals surface area (Å²) in [6, 6.07) is 10.4. The largest absolute Gasteiger partial charge is 0.508 e. The predicted molar refractivity (Wildman–Crippen MR) is 250 cm³/mol. The first-order valence-corrected chi connectivity index (χ1v) is 23.0. The Balaban J connectivity index is 1.71. The van der Waals surface area contributed by atoms with E-state index in [4.69, 9.17) is 0 Å². The average Bonchev–Trinajstić information content (AvgIpc) is 3.30. The molecule has 18 nitrogen and oxygen atoms in total. The summed E-state index contributed by atoms with van der Waals surface area (Å²) in [4.78, 5) is 98.7. The lowest BCUT2D eigenvalue weighted by Crippen LogP contribution is -2.61. The highest BCUT2D eigenvalue weighted by molar-refractivity contribution is 5.96. The van der Waals surface area contributed by atoms with Gasteiger partial charge in [0, 0.05) is 20.0 Å². The fraction of sp³-hybridized carbons (Fsp3) is 0.490. The number of carboxylic acid groups (broad SMARTS) is 1. The summed E-state index contributed by atoms with van der Waals surface area (Å²) in [6.45, 7) is 7.43. The number of phenols is 3. The van der Waals surface area contributed by atoms with Crippen LogP contribution in [0.15, 0.2) is 72.8 Å². The highest BCUT2D eigenvalue weighted by Gasteiger charge is 2.38. The number of aryl methyl sites for hydroxylation is 2. The fourth-order valence-corrected chi connectivity index (χ4v) is 7.87. The van der Waals surface area contributed by atoms with Gasteiger partial charge in [-0.1, -0.05) is 76.9 Å². The molecule has 1 aliphatic rings. The van der Waals surface area contributed by atoms with Crippen molar-refractivity contribution in [2.75, 3.05) is 13.6 Å². The molecule has 1 aliphatic heterocycles. The van der Waals surface area contributed by atoms with Gasteiger partial charge in [-0.15, -0.1) is 0 Å². The van der Waals surface area contributed by atoms with Crippen molar-refractivity contribution < 1.29 is 54.0 Å². The summed E-state index contributed by atoms with van der Waals surface area (Å²) < 4.78 is 0. The maximum atomic E-state index is 14.6. The van der Waals surface area contributed by atoms with E-state index in [1.54, 1.807) is 31.2 Å². The summed E-state index contributed by atoms with van der Waals surface area (Å²) in [6.07, 6.45) is 2.16. The summed E-state index contributed by atoms with van der Waals surface area (Å²) in [5.41, 5.74) is 2.03. The van der Waals surface area contributed by atoms with Crippen molar-refractivity contribution in [2.45, 2.75) is 128 Å². The third-order valence-corrected chi connectivity index (χ3v) is 12.4. The number of likely N-dealkylation sites (N-methyl/N-ethyl adjacent to an activating group) is 1. The van der Waals surface area contributed by atoms with Gasteiger partial charge < -0.3 is 57.2 Å². The Labute approximate surface area is 391 Å². The smallest absolute Gasteiger partial charge is 0.326 e. The Morgan fingerprint density at radius 3 is 1.64 bits per heavy atom. The molecule has 0 bridgehead atoms. The zero-order valence-corrected chi connectivity index (χ0v) is 38.9. The van der Waals surface area contributed by atoms with Crippen LogP contribution in [0.3, 0.4) is 0 Å². The monoisotopic (exact) mass is 929 g/mol. The van der Waals surface area contributed by atoms with Gasteiger partial charge in [0.15, 0.2) is 0 Å². The lowest BCUT2D eigenvalue weighted by atomic mass is 9.95. The predicted octanol–water partition coefficient (Wildman–Crippen LogP) is 3.41. The first-order chi connectivity index (χ1) is 31.9. The second-order valence-corrected chi connectivity index (χ2v) is 17.4. The number of aromatic hydroxyl groups is 3. The molecule has 10 N–H and O–H groups in total. The van der Waals surface area contributed by atoms with Gasteiger partial charge in [0.25, 0.3) is 0 Å². The van der Waals surface area contributed by atoms with Gasteiger partial charge >= 0.3 is 12.0 Å². The molecular weight excluding hydrogens is 863 g/mol. The van der Waals surface area contributed by atoms with Crippen LogP contribution in [0.25, 0.3) is 0 Å². The van der Waals surface area contributed by atoms with E-state index in [-0.39, 0.29) is 68.2 Å². The van der Waals surface area contributed by atoms with Crippen LogP contribution in [0, 0.1) is 11.8 Å². The molecule has 364 valence electrons. The van der Waals surface area contributed by atoms with E-state index in [0.717, 1.165) is 11.1 Å². The highest BCUT2D eigenvalue weighted by Crippen LogP contribution is 2.20. The van der Waals surface area contributed by atoms with Crippen LogP contribution < -0.4 is 31.9 Å². The molecule has 0 aliphatic carbocycles. The molecule has 18 heteroatoms. The number of carbonyl (C=O) groups excluding carboxylic acids is 6. The van der Waals surface area contributed by atoms with Gasteiger partial charge in [0.2, 0.25) is 29.5 Å². The van der Waals surface area contributed by atoms with Crippen molar-refractivity contribution in [1.29, 1.82) is 0 Å². The molecule has 4 rings (SSSR count). The van der Waals surface area contributed by atoms with Crippen molar-refractivity contribution >= 4 is 41.5 Å². The van der Waals surface area contributed by atoms with Gasteiger partial charge in [-0.05, 0) is 110 Å². The molecule has 0 unspecified atom stereocenters. The number of nitrogens with one attached hydrogen (secondary N) is 6. The molecule has 0 saturated carbocycles. The summed E-state index contributed by atoms with van der Waals surface area (Å²) in [5.74, 6) is -5.16. The van der Waals surface area contributed by atoms with Gasteiger partial charge in [0.1, 0.15) is 53.5 Å². The number of nitrogens with zero attached hydrogens (tertiary/aromatic N) is 1. The van der Waals surface area contributed by atoms with Crippen LogP contribution in [0.2, 0.25) is 0 Å². The second-order valence-electron chi connectivity index (χ2n) is 17.4. The highest BCUT2D eigenvalue weighted by atomic mass is 16.4. The minimum atomic E-state index is -1.41. The van der Waals surface area contributed by atoms with E-state index in [9.17, 15) is 54.0 Å². The summed E-state index contributed by atoms with van der Waals surface area (Å²) in [7, 11) is 1.42. The number of carbonyl (C=O) groups is 7. The SMILES string of the molecule is CC[C@H](C)[C@@H]1NC(=O)[C@@H](CCc2ccc(O)cc2)NC(=O)[C@@H](CCc2ccc(O)cc2)NC(=O)[C@H]([C@@H](C)CC)N(C)C(=O)[C@H](NC(=O)N[C@@H](Cc2ccc(O)cc2)C(=O)O)CCCCNC1=O. The third-order valence-electron chi connectivity index (χ3n) is 12.4. The molecule has 7 amide bonds. The van der Waals surface area contributed by atoms with Crippen molar-refractivity contribution in [3.63, 3.8) is 0 Å². The standard InChI is InChI=1S/C49H67N7O11/c1-6-29(3)41-45(62)50-27-9-8-10-39(53-49(67)54-40(48(65)66)28-33-15-23-36(59)24-16-33)47(64)56(5)42(30(4)7-2)46(63)52-37(25-17-31-11-19-34(57)20-12-31)43(60)51-38(44(61)55-41)26-18-32-13-21-35(58)22-14-32/h11-16,19-24,29-30,37-42,57-59H,6-10,17-18,25-28H2,1-5H3,(H,50,62)(H,51,60)(H,52,63)(H,55,61)(H,65,66)(H2,53,54,67)/t29-,30-,37+,38+,39+,40-,41-,42-/m0/s1. The fourth-order valence-electron chi connectivity index (χ4n) is 7.87. The first kappa shape index (κ1) is 52.8. The number of aliphatic carboxylic acids is 1. The molecule has 8 atom stereocenters. The number of benzene rings is 3. The van der Waals surface area contributed by atoms with Crippen LogP contribution in [0.5, 0.6) is 17.2 Å². The number of phenolic OH excluding ortho intramolecular Hbond substituents is 3. The van der Waals surface area contributed by atoms with Crippen LogP contribution in [-0.4, -0.2) is 117 Å². The van der Waals surface area contributed by atoms with Crippen molar-refractivity contribution in [1.82, 2.24) is 36.8 Å². The quantitative estimate of drug-likeness (QED) is 0.106. The lowest BCUT2D eigenvalue weighted by molar-refractivity contribution is -0.143. The number of hydrogen-bond acceptors (Lipinski definition) is 10. The van der Waals surface area contributed by atoms with Crippen molar-refractivity contribution in [3.8, 4) is 17.2 Å². The molecule has 1 fully saturated rings. The lowest BCUT2D eigenvalue weighted by Gasteiger charge is -2.35. The van der Waals surface area contributed by atoms with E-state index >= 15 is 0 Å². The van der Waals surface area contributed by atoms with Crippen LogP contribution in [0.4, 0.5) is 4.79 Å². The van der Waals surface area contributed by atoms with Gasteiger partial charge in [-0.3, -0.25) is 24.0 Å². The Kier molecular flexibility index (Phi) is 20.3. The average molecular weight is 930 g/mol. The normalized spacial score (nSPS) is 21.7. The Bertz CT molecular complexity index is 2140. The molecule has 1 heterocycles. The number of rotatable bonds is 15. The van der Waals surface area contributed by atoms with Crippen LogP contribution in [0.1, 0.15) is 89.3 Å². The molecular formula is C49H67N7O11. The zero-order valence-electron chi connectivity index (χ0n) is 38.9. The van der Waals surface area contributed by atoms with E-state index in [0.29, 0.717) is 31.2 Å². The molecule has 1 saturated heterocycles. The van der Waals surface area contributed by atoms with Crippen LogP contribution in [-0.2, 0) is 48.0 Å². The van der Waals surface area contributed by atoms with Crippen molar-refractivity contribution in [3.05, 3.63) is 89.5 Å². The second kappa shape index (κ2) is 25.7. The first-order valence-electron chi connectivity index (χ1n) is 23.0. The number of hydrogen-bond donors (Lipinski definition) is 10. The molecule has 0 radical (unpaired) electrons. The maximum absolute atomic E-state index is 14.6. The minimum absolute atomic E-state index is 0.0174. The molecule has 67 heavy (non-hydrogen) atoms. The Morgan fingerprint density at radius 2 is 1.15 bits per heavy atom. The summed E-state index contributed by atoms with van der Waals surface area (Å²) in [5, 5.41) is 55.9. The Morgan fingerprint density at radius 1 is 0.672 bits per heavy atom. The molecule has 3 aromatic rings. The third kappa shape index (κ3) is 16.2. The van der Waals surface area contributed by atoms with Gasteiger partial charge in [0.05, 0.1) is 0 Å². The molecule has 3 aromatic carbocycles. The van der Waals surface area contributed by atoms with E-state index in [2.05, 4.69) is 31.9 Å². The number of urea groups is 1.